The SMILES string of the molecule is Cc1nc(N)nc(OC(C)c2ccccc2)c1[N+](=O)[O-]. The van der Waals surface area contributed by atoms with Crippen molar-refractivity contribution in [1.82, 2.24) is 9.97 Å². The van der Waals surface area contributed by atoms with Crippen molar-refractivity contribution in [3.8, 4) is 5.88 Å². The molecule has 1 aromatic carbocycles. The molecule has 7 nitrogen and oxygen atoms in total. The molecule has 0 bridgehead atoms. The lowest BCUT2D eigenvalue weighted by Gasteiger charge is -2.14. The van der Waals surface area contributed by atoms with Gasteiger partial charge in [0.05, 0.1) is 4.92 Å². The zero-order chi connectivity index (χ0) is 14.7. The van der Waals surface area contributed by atoms with Crippen LogP contribution in [0.2, 0.25) is 0 Å². The van der Waals surface area contributed by atoms with Crippen molar-refractivity contribution < 1.29 is 9.66 Å². The molecule has 2 aromatic rings. The van der Waals surface area contributed by atoms with Gasteiger partial charge in [-0.05, 0) is 19.4 Å². The van der Waals surface area contributed by atoms with Crippen LogP contribution in [0.4, 0.5) is 11.6 Å². The predicted molar refractivity (Wildman–Crippen MR) is 73.3 cm³/mol. The number of hydrogen-bond donors (Lipinski definition) is 1. The molecule has 1 aromatic heterocycles. The monoisotopic (exact) mass is 274 g/mol. The van der Waals surface area contributed by atoms with Crippen LogP contribution in [0.5, 0.6) is 5.88 Å². The first-order chi connectivity index (χ1) is 9.49. The maximum Gasteiger partial charge on any atom is 0.352 e. The van der Waals surface area contributed by atoms with Crippen molar-refractivity contribution in [3.05, 3.63) is 51.7 Å². The molecule has 2 rings (SSSR count). The van der Waals surface area contributed by atoms with E-state index >= 15 is 0 Å². The fourth-order valence-corrected chi connectivity index (χ4v) is 1.81. The van der Waals surface area contributed by atoms with E-state index in [4.69, 9.17) is 10.5 Å². The molecule has 7 heteroatoms. The van der Waals surface area contributed by atoms with Gasteiger partial charge in [0.1, 0.15) is 11.8 Å². The average molecular weight is 274 g/mol. The van der Waals surface area contributed by atoms with Crippen LogP contribution in [0.1, 0.15) is 24.3 Å². The molecular weight excluding hydrogens is 260 g/mol. The molecule has 1 heterocycles. The maximum atomic E-state index is 11.1. The van der Waals surface area contributed by atoms with Gasteiger partial charge in [-0.15, -0.1) is 0 Å². The Hall–Kier alpha value is -2.70. The summed E-state index contributed by atoms with van der Waals surface area (Å²) in [4.78, 5) is 18.1. The van der Waals surface area contributed by atoms with Gasteiger partial charge in [0.25, 0.3) is 5.88 Å². The fraction of sp³-hybridized carbons (Fsp3) is 0.231. The summed E-state index contributed by atoms with van der Waals surface area (Å²) >= 11 is 0. The Labute approximate surface area is 115 Å². The summed E-state index contributed by atoms with van der Waals surface area (Å²) in [5.74, 6) is -0.167. The molecule has 0 saturated carbocycles. The minimum atomic E-state index is -0.568. The van der Waals surface area contributed by atoms with E-state index in [0.29, 0.717) is 0 Å². The van der Waals surface area contributed by atoms with E-state index in [2.05, 4.69) is 9.97 Å². The Morgan fingerprint density at radius 2 is 1.95 bits per heavy atom. The second kappa shape index (κ2) is 5.52. The molecule has 0 spiro atoms. The Morgan fingerprint density at radius 1 is 1.30 bits per heavy atom. The highest BCUT2D eigenvalue weighted by molar-refractivity contribution is 5.47. The highest BCUT2D eigenvalue weighted by Gasteiger charge is 2.24. The number of nitro groups is 1. The maximum absolute atomic E-state index is 11.1. The number of ether oxygens (including phenoxy) is 1. The summed E-state index contributed by atoms with van der Waals surface area (Å²) in [5.41, 5.74) is 6.32. The molecule has 0 saturated heterocycles. The number of aromatic nitrogens is 2. The number of nitrogens with zero attached hydrogens (tertiary/aromatic N) is 3. The minimum Gasteiger partial charge on any atom is -0.465 e. The van der Waals surface area contributed by atoms with Crippen molar-refractivity contribution in [1.29, 1.82) is 0 Å². The zero-order valence-electron chi connectivity index (χ0n) is 11.1. The summed E-state index contributed by atoms with van der Waals surface area (Å²) < 4.78 is 5.58. The number of benzene rings is 1. The molecule has 1 unspecified atom stereocenters. The number of rotatable bonds is 4. The molecule has 0 radical (unpaired) electrons. The highest BCUT2D eigenvalue weighted by Crippen LogP contribution is 2.31. The van der Waals surface area contributed by atoms with E-state index in [-0.39, 0.29) is 29.3 Å². The minimum absolute atomic E-state index is 0.0524. The second-order valence-corrected chi connectivity index (χ2v) is 4.25. The Balaban J connectivity index is 2.36. The fourth-order valence-electron chi connectivity index (χ4n) is 1.81. The second-order valence-electron chi connectivity index (χ2n) is 4.25. The molecule has 0 aliphatic carbocycles. The summed E-state index contributed by atoms with van der Waals surface area (Å²) in [5, 5.41) is 11.1. The molecular formula is C13H14N4O3. The first-order valence-corrected chi connectivity index (χ1v) is 5.99. The van der Waals surface area contributed by atoms with E-state index < -0.39 is 4.92 Å². The molecule has 20 heavy (non-hydrogen) atoms. The quantitative estimate of drug-likeness (QED) is 0.678. The molecule has 0 aliphatic rings. The molecule has 0 fully saturated rings. The van der Waals surface area contributed by atoms with Crippen LogP contribution in [0.25, 0.3) is 0 Å². The third-order valence-corrected chi connectivity index (χ3v) is 2.78. The third-order valence-electron chi connectivity index (χ3n) is 2.78. The third kappa shape index (κ3) is 2.82. The van der Waals surface area contributed by atoms with Gasteiger partial charge in [-0.2, -0.15) is 4.98 Å². The summed E-state index contributed by atoms with van der Waals surface area (Å²) in [6.07, 6.45) is -0.386. The van der Waals surface area contributed by atoms with Gasteiger partial charge in [-0.1, -0.05) is 30.3 Å². The first kappa shape index (κ1) is 13.7. The van der Waals surface area contributed by atoms with Crippen LogP contribution in [0.3, 0.4) is 0 Å². The average Bonchev–Trinajstić information content (AvgIpc) is 2.38. The largest absolute Gasteiger partial charge is 0.465 e. The number of anilines is 1. The van der Waals surface area contributed by atoms with Gasteiger partial charge in [0.15, 0.2) is 0 Å². The summed E-state index contributed by atoms with van der Waals surface area (Å²) in [6.45, 7) is 3.28. The first-order valence-electron chi connectivity index (χ1n) is 5.99. The number of hydrogen-bond acceptors (Lipinski definition) is 6. The van der Waals surface area contributed by atoms with Gasteiger partial charge in [-0.25, -0.2) is 4.98 Å². The van der Waals surface area contributed by atoms with Gasteiger partial charge in [0, 0.05) is 0 Å². The van der Waals surface area contributed by atoms with Gasteiger partial charge >= 0.3 is 5.69 Å². The zero-order valence-corrected chi connectivity index (χ0v) is 11.1. The van der Waals surface area contributed by atoms with E-state index in [1.165, 1.54) is 6.92 Å². The molecule has 0 amide bonds. The van der Waals surface area contributed by atoms with Crippen molar-refractivity contribution in [2.75, 3.05) is 5.73 Å². The van der Waals surface area contributed by atoms with Gasteiger partial charge in [-0.3, -0.25) is 10.1 Å². The number of aryl methyl sites for hydroxylation is 1. The predicted octanol–water partition coefficient (Wildman–Crippen LogP) is 2.42. The topological polar surface area (TPSA) is 104 Å². The van der Waals surface area contributed by atoms with Crippen molar-refractivity contribution in [3.63, 3.8) is 0 Å². The lowest BCUT2D eigenvalue weighted by atomic mass is 10.1. The number of nitrogen functional groups attached to an aromatic ring is 1. The van der Waals surface area contributed by atoms with Crippen molar-refractivity contribution in [2.24, 2.45) is 0 Å². The lowest BCUT2D eigenvalue weighted by molar-refractivity contribution is -0.387. The van der Waals surface area contributed by atoms with E-state index in [1.807, 2.05) is 30.3 Å². The van der Waals surface area contributed by atoms with Crippen LogP contribution < -0.4 is 10.5 Å². The molecule has 0 aliphatic heterocycles. The standard InChI is InChI=1S/C13H14N4O3/c1-8-11(17(18)19)12(16-13(14)15-8)20-9(2)10-6-4-3-5-7-10/h3-7,9H,1-2H3,(H2,14,15,16). The smallest absolute Gasteiger partial charge is 0.352 e. The van der Waals surface area contributed by atoms with Crippen LogP contribution >= 0.6 is 0 Å². The van der Waals surface area contributed by atoms with Crippen molar-refractivity contribution in [2.45, 2.75) is 20.0 Å². The van der Waals surface area contributed by atoms with Crippen molar-refractivity contribution >= 4 is 11.6 Å². The molecule has 2 N–H and O–H groups in total. The van der Waals surface area contributed by atoms with E-state index in [1.54, 1.807) is 6.92 Å². The molecule has 104 valence electrons. The Bertz CT molecular complexity index is 631. The lowest BCUT2D eigenvalue weighted by Crippen LogP contribution is -2.10. The van der Waals surface area contributed by atoms with Gasteiger partial charge in [0.2, 0.25) is 5.95 Å². The van der Waals surface area contributed by atoms with Crippen LogP contribution in [0.15, 0.2) is 30.3 Å². The van der Waals surface area contributed by atoms with Crippen LogP contribution in [-0.2, 0) is 0 Å². The Kier molecular flexibility index (Phi) is 3.79. The summed E-state index contributed by atoms with van der Waals surface area (Å²) in [7, 11) is 0. The van der Waals surface area contributed by atoms with E-state index in [9.17, 15) is 10.1 Å². The van der Waals surface area contributed by atoms with Gasteiger partial charge < -0.3 is 10.5 Å². The Morgan fingerprint density at radius 3 is 2.55 bits per heavy atom. The normalized spacial score (nSPS) is 11.9. The van der Waals surface area contributed by atoms with E-state index in [0.717, 1.165) is 5.56 Å². The summed E-state index contributed by atoms with van der Waals surface area (Å²) in [6, 6.07) is 9.35. The van der Waals surface area contributed by atoms with Crippen LogP contribution in [-0.4, -0.2) is 14.9 Å². The molecule has 1 atom stereocenters. The highest BCUT2D eigenvalue weighted by atomic mass is 16.6. The van der Waals surface area contributed by atoms with Crippen LogP contribution in [0, 0.1) is 17.0 Å². The number of nitrogens with two attached hydrogens (primary N) is 1.